The molecule has 199 valence electrons. The van der Waals surface area contributed by atoms with E-state index in [0.717, 1.165) is 31.4 Å². The Bertz CT molecular complexity index is 652. The molecular weight excluding hydrogens is 448 g/mol. The monoisotopic (exact) mass is 501 g/mol. The zero-order valence-corrected chi connectivity index (χ0v) is 24.0. The number of hydrogen-bond acceptors (Lipinski definition) is 3. The summed E-state index contributed by atoms with van der Waals surface area (Å²) >= 11 is 0. The van der Waals surface area contributed by atoms with Crippen LogP contribution in [-0.4, -0.2) is 20.7 Å². The van der Waals surface area contributed by atoms with Crippen molar-refractivity contribution < 1.29 is 14.6 Å². The number of carbonyl (C=O) groups excluding carboxylic acids is 1. The van der Waals surface area contributed by atoms with Crippen LogP contribution in [0.1, 0.15) is 127 Å². The molecule has 1 aromatic rings. The summed E-state index contributed by atoms with van der Waals surface area (Å²) in [6.07, 6.45) is 20.9. The van der Waals surface area contributed by atoms with Gasteiger partial charge in [-0.3, -0.25) is 4.89 Å². The molecule has 0 heterocycles. The van der Waals surface area contributed by atoms with Crippen molar-refractivity contribution in [3.05, 3.63) is 49.0 Å². The van der Waals surface area contributed by atoms with Gasteiger partial charge in [0.25, 0.3) is 0 Å². The van der Waals surface area contributed by atoms with E-state index in [1.54, 1.807) is 0 Å². The highest BCUT2D eigenvalue weighted by molar-refractivity contribution is 6.95. The van der Waals surface area contributed by atoms with Gasteiger partial charge < -0.3 is 0 Å². The molecule has 0 aliphatic heterocycles. The first-order valence-corrected chi connectivity index (χ1v) is 17.0. The summed E-state index contributed by atoms with van der Waals surface area (Å²) in [5, 5.41) is 1.32. The summed E-state index contributed by atoms with van der Waals surface area (Å²) in [7, 11) is -1.64. The van der Waals surface area contributed by atoms with Gasteiger partial charge in [0.15, 0.2) is 0 Å². The van der Waals surface area contributed by atoms with Crippen molar-refractivity contribution in [2.24, 2.45) is 0 Å². The van der Waals surface area contributed by atoms with Crippen LogP contribution in [0.2, 0.25) is 12.1 Å². The molecule has 1 radical (unpaired) electrons. The SMILES string of the molecule is [CH2]CCCCCCCCCCCCCCCCCOOC(=O)c1ccc([Si](C=C)(CC)CC)cc1. The van der Waals surface area contributed by atoms with Crippen molar-refractivity contribution in [2.45, 2.75) is 129 Å². The van der Waals surface area contributed by atoms with Crippen LogP contribution in [0, 0.1) is 6.92 Å². The smallest absolute Gasteiger partial charge is 0.293 e. The lowest BCUT2D eigenvalue weighted by Gasteiger charge is -2.25. The molecule has 0 bridgehead atoms. The largest absolute Gasteiger partial charge is 0.373 e. The Morgan fingerprint density at radius 3 is 1.57 bits per heavy atom. The fraction of sp³-hybridized carbons (Fsp3) is 0.677. The molecule has 0 aliphatic carbocycles. The van der Waals surface area contributed by atoms with Crippen LogP contribution in [-0.2, 0) is 9.78 Å². The average Bonchev–Trinajstić information content (AvgIpc) is 2.89. The summed E-state index contributed by atoms with van der Waals surface area (Å²) < 4.78 is 0. The van der Waals surface area contributed by atoms with Gasteiger partial charge in [0, 0.05) is 0 Å². The van der Waals surface area contributed by atoms with Crippen LogP contribution in [0.15, 0.2) is 36.5 Å². The summed E-state index contributed by atoms with van der Waals surface area (Å²) in [5.74, 6) is -0.413. The van der Waals surface area contributed by atoms with Crippen LogP contribution in [0.3, 0.4) is 0 Å². The summed E-state index contributed by atoms with van der Waals surface area (Å²) in [4.78, 5) is 22.4. The average molecular weight is 502 g/mol. The lowest BCUT2D eigenvalue weighted by atomic mass is 10.0. The molecule has 0 N–H and O–H groups in total. The van der Waals surface area contributed by atoms with Gasteiger partial charge >= 0.3 is 5.97 Å². The Morgan fingerprint density at radius 2 is 1.17 bits per heavy atom. The van der Waals surface area contributed by atoms with Crippen molar-refractivity contribution in [2.75, 3.05) is 6.61 Å². The van der Waals surface area contributed by atoms with E-state index >= 15 is 0 Å². The number of benzene rings is 1. The minimum atomic E-state index is -1.64. The van der Waals surface area contributed by atoms with Crippen molar-refractivity contribution in [1.29, 1.82) is 0 Å². The van der Waals surface area contributed by atoms with E-state index in [-0.39, 0.29) is 0 Å². The maximum absolute atomic E-state index is 12.2. The van der Waals surface area contributed by atoms with Crippen molar-refractivity contribution >= 4 is 19.2 Å². The summed E-state index contributed by atoms with van der Waals surface area (Å²) in [6.45, 7) is 12.9. The first-order chi connectivity index (χ1) is 17.1. The van der Waals surface area contributed by atoms with E-state index < -0.39 is 14.0 Å². The minimum absolute atomic E-state index is 0.413. The molecule has 0 spiro atoms. The first-order valence-electron chi connectivity index (χ1n) is 14.5. The Labute approximate surface area is 218 Å². The predicted octanol–water partition coefficient (Wildman–Crippen LogP) is 9.27. The first kappa shape index (κ1) is 31.6. The molecule has 3 nitrogen and oxygen atoms in total. The topological polar surface area (TPSA) is 35.5 Å². The lowest BCUT2D eigenvalue weighted by molar-refractivity contribution is -0.241. The van der Waals surface area contributed by atoms with Gasteiger partial charge in [0.2, 0.25) is 0 Å². The highest BCUT2D eigenvalue weighted by Gasteiger charge is 2.27. The standard InChI is InChI=1S/C31H53O3Si/c1-5-9-10-11-12-13-14-15-16-17-18-19-20-21-22-23-28-33-34-31(32)29-24-26-30(27-25-29)35(6-2,7-3)8-4/h6,24-27H,1-2,5,7-23,28H2,3-4H3. The summed E-state index contributed by atoms with van der Waals surface area (Å²) in [5.41, 5.74) is 2.69. The molecular formula is C31H53O3Si. The van der Waals surface area contributed by atoms with Gasteiger partial charge in [0.1, 0.15) is 8.07 Å². The number of hydrogen-bond donors (Lipinski definition) is 0. The Morgan fingerprint density at radius 1 is 0.743 bits per heavy atom. The Balaban J connectivity index is 1.98. The molecule has 0 saturated heterocycles. The molecule has 35 heavy (non-hydrogen) atoms. The molecule has 0 fully saturated rings. The number of unbranched alkanes of at least 4 members (excludes halogenated alkanes) is 15. The van der Waals surface area contributed by atoms with Crippen LogP contribution in [0.4, 0.5) is 0 Å². The highest BCUT2D eigenvalue weighted by atomic mass is 28.3. The molecule has 1 rings (SSSR count). The second kappa shape index (κ2) is 20.8. The van der Waals surface area contributed by atoms with Crippen molar-refractivity contribution in [3.8, 4) is 0 Å². The lowest BCUT2D eigenvalue weighted by Crippen LogP contribution is -2.44. The zero-order chi connectivity index (χ0) is 25.6. The van der Waals surface area contributed by atoms with Gasteiger partial charge in [-0.1, -0.05) is 152 Å². The number of rotatable bonds is 23. The van der Waals surface area contributed by atoms with Crippen LogP contribution in [0.25, 0.3) is 0 Å². The van der Waals surface area contributed by atoms with Crippen LogP contribution < -0.4 is 5.19 Å². The van der Waals surface area contributed by atoms with Crippen molar-refractivity contribution in [3.63, 3.8) is 0 Å². The third-order valence-corrected chi connectivity index (χ3v) is 12.2. The molecule has 0 atom stereocenters. The van der Waals surface area contributed by atoms with Crippen molar-refractivity contribution in [1.82, 2.24) is 0 Å². The second-order valence-electron chi connectivity index (χ2n) is 9.99. The molecule has 4 heteroatoms. The third-order valence-electron chi connectivity index (χ3n) is 7.46. The van der Waals surface area contributed by atoms with E-state index in [9.17, 15) is 4.79 Å². The molecule has 0 aromatic heterocycles. The fourth-order valence-electron chi connectivity index (χ4n) is 4.78. The van der Waals surface area contributed by atoms with Gasteiger partial charge in [0.05, 0.1) is 12.2 Å². The Hall–Kier alpha value is -1.39. The van der Waals surface area contributed by atoms with Gasteiger partial charge in [-0.05, 0) is 18.6 Å². The van der Waals surface area contributed by atoms with E-state index in [0.29, 0.717) is 12.2 Å². The summed E-state index contributed by atoms with van der Waals surface area (Å²) in [6, 6.07) is 10.1. The quantitative estimate of drug-likeness (QED) is 0.0648. The van der Waals surface area contributed by atoms with E-state index in [1.165, 1.54) is 88.7 Å². The van der Waals surface area contributed by atoms with Crippen LogP contribution in [0.5, 0.6) is 0 Å². The molecule has 0 saturated carbocycles. The van der Waals surface area contributed by atoms with E-state index in [2.05, 4.69) is 45.2 Å². The molecule has 0 unspecified atom stereocenters. The molecule has 0 aliphatic rings. The Kier molecular flexibility index (Phi) is 18.8. The minimum Gasteiger partial charge on any atom is -0.293 e. The van der Waals surface area contributed by atoms with Gasteiger partial charge in [-0.2, -0.15) is 4.89 Å². The second-order valence-corrected chi connectivity index (χ2v) is 14.7. The van der Waals surface area contributed by atoms with E-state index in [1.807, 2.05) is 12.1 Å². The van der Waals surface area contributed by atoms with E-state index in [4.69, 9.17) is 9.78 Å². The zero-order valence-electron chi connectivity index (χ0n) is 23.0. The van der Waals surface area contributed by atoms with Gasteiger partial charge in [-0.25, -0.2) is 4.79 Å². The predicted molar refractivity (Wildman–Crippen MR) is 154 cm³/mol. The highest BCUT2D eigenvalue weighted by Crippen LogP contribution is 2.17. The molecule has 0 amide bonds. The molecule has 1 aromatic carbocycles. The fourth-order valence-corrected chi connectivity index (χ4v) is 7.74. The normalized spacial score (nSPS) is 11.5. The maximum Gasteiger partial charge on any atom is 0.373 e. The maximum atomic E-state index is 12.2. The third kappa shape index (κ3) is 13.5. The van der Waals surface area contributed by atoms with Gasteiger partial charge in [-0.15, -0.1) is 6.58 Å². The van der Waals surface area contributed by atoms with Crippen LogP contribution >= 0.6 is 0 Å². The number of carbonyl (C=O) groups is 1.